The molecule has 1 aliphatic rings. The minimum atomic E-state index is 0.103. The molecule has 5 heteroatoms. The summed E-state index contributed by atoms with van der Waals surface area (Å²) in [7, 11) is 0. The maximum Gasteiger partial charge on any atom is 0.223 e. The number of carbonyl (C=O) groups is 1. The van der Waals surface area contributed by atoms with Crippen LogP contribution in [0.4, 0.5) is 0 Å². The summed E-state index contributed by atoms with van der Waals surface area (Å²) in [4.78, 5) is 11.9. The summed E-state index contributed by atoms with van der Waals surface area (Å²) in [6.07, 6.45) is 2.10. The van der Waals surface area contributed by atoms with E-state index in [-0.39, 0.29) is 17.7 Å². The van der Waals surface area contributed by atoms with Crippen molar-refractivity contribution in [2.45, 2.75) is 25.2 Å². The lowest BCUT2D eigenvalue weighted by Crippen LogP contribution is -2.27. The Kier molecular flexibility index (Phi) is 4.39. The summed E-state index contributed by atoms with van der Waals surface area (Å²) in [5, 5.41) is 14.2. The van der Waals surface area contributed by atoms with Crippen LogP contribution in [0.15, 0.2) is 35.5 Å². The fourth-order valence-corrected chi connectivity index (χ4v) is 2.22. The Bertz CT molecular complexity index is 459. The molecule has 19 heavy (non-hydrogen) atoms. The second-order valence-electron chi connectivity index (χ2n) is 4.85. The highest BCUT2D eigenvalue weighted by atomic mass is 16.4. The van der Waals surface area contributed by atoms with Crippen molar-refractivity contribution in [2.24, 2.45) is 16.8 Å². The number of hydrogen-bond acceptors (Lipinski definition) is 3. The molecule has 1 fully saturated rings. The van der Waals surface area contributed by atoms with Gasteiger partial charge in [0.15, 0.2) is 0 Å². The second-order valence-corrected chi connectivity index (χ2v) is 4.85. The molecule has 5 nitrogen and oxygen atoms in total. The number of nitrogens with one attached hydrogen (secondary N) is 1. The van der Waals surface area contributed by atoms with Crippen molar-refractivity contribution in [1.82, 2.24) is 5.32 Å². The van der Waals surface area contributed by atoms with Crippen LogP contribution in [0.5, 0.6) is 0 Å². The fraction of sp³-hybridized carbons (Fsp3) is 0.429. The molecule has 0 heterocycles. The number of amidine groups is 1. The number of nitrogens with zero attached hydrogens (tertiary/aromatic N) is 1. The van der Waals surface area contributed by atoms with Crippen molar-refractivity contribution in [3.63, 3.8) is 0 Å². The molecule has 102 valence electrons. The van der Waals surface area contributed by atoms with Gasteiger partial charge in [-0.3, -0.25) is 4.79 Å². The number of hydrogen-bond donors (Lipinski definition) is 3. The van der Waals surface area contributed by atoms with Crippen LogP contribution in [-0.2, 0) is 4.79 Å². The van der Waals surface area contributed by atoms with Gasteiger partial charge in [-0.15, -0.1) is 0 Å². The third kappa shape index (κ3) is 3.71. The van der Waals surface area contributed by atoms with Crippen LogP contribution < -0.4 is 11.1 Å². The normalized spacial score (nSPS) is 22.0. The highest BCUT2D eigenvalue weighted by molar-refractivity contribution is 5.83. The monoisotopic (exact) mass is 261 g/mol. The molecule has 0 spiro atoms. The van der Waals surface area contributed by atoms with E-state index in [1.54, 1.807) is 0 Å². The predicted molar refractivity (Wildman–Crippen MR) is 72.9 cm³/mol. The Morgan fingerprint density at radius 2 is 2.16 bits per heavy atom. The van der Waals surface area contributed by atoms with Crippen LogP contribution in [0.1, 0.15) is 30.7 Å². The molecule has 4 N–H and O–H groups in total. The molecule has 2 rings (SSSR count). The van der Waals surface area contributed by atoms with Crippen LogP contribution in [-0.4, -0.2) is 23.5 Å². The molecule has 0 saturated heterocycles. The van der Waals surface area contributed by atoms with E-state index in [0.717, 1.165) is 6.42 Å². The molecule has 1 saturated carbocycles. The molecular weight excluding hydrogens is 242 g/mol. The number of oxime groups is 1. The van der Waals surface area contributed by atoms with Gasteiger partial charge in [-0.1, -0.05) is 35.5 Å². The summed E-state index contributed by atoms with van der Waals surface area (Å²) in [5.74, 6) is 0.771. The van der Waals surface area contributed by atoms with E-state index < -0.39 is 0 Å². The van der Waals surface area contributed by atoms with Crippen molar-refractivity contribution >= 4 is 11.7 Å². The quantitative estimate of drug-likeness (QED) is 0.238. The second kappa shape index (κ2) is 6.22. The third-order valence-corrected chi connectivity index (χ3v) is 3.39. The van der Waals surface area contributed by atoms with Crippen LogP contribution in [0.3, 0.4) is 0 Å². The lowest BCUT2D eigenvalue weighted by atomic mass is 10.1. The first-order chi connectivity index (χ1) is 9.22. The van der Waals surface area contributed by atoms with Gasteiger partial charge < -0.3 is 16.3 Å². The fourth-order valence-electron chi connectivity index (χ4n) is 2.22. The van der Waals surface area contributed by atoms with Gasteiger partial charge in [0.05, 0.1) is 0 Å². The Morgan fingerprint density at radius 3 is 2.84 bits per heavy atom. The van der Waals surface area contributed by atoms with E-state index in [0.29, 0.717) is 25.3 Å². The van der Waals surface area contributed by atoms with Crippen LogP contribution in [0.25, 0.3) is 0 Å². The van der Waals surface area contributed by atoms with E-state index in [2.05, 4.69) is 22.6 Å². The Labute approximate surface area is 112 Å². The van der Waals surface area contributed by atoms with Crippen molar-refractivity contribution in [2.75, 3.05) is 6.54 Å². The molecule has 1 amide bonds. The van der Waals surface area contributed by atoms with Gasteiger partial charge in [0, 0.05) is 18.9 Å². The SMILES string of the molecule is N/C(CCCNC(=O)C1CC1c1ccccc1)=N/O. The summed E-state index contributed by atoms with van der Waals surface area (Å²) in [6, 6.07) is 10.1. The molecule has 0 aromatic heterocycles. The maximum atomic E-state index is 11.9. The predicted octanol–water partition coefficient (Wildman–Crippen LogP) is 1.43. The molecule has 2 unspecified atom stereocenters. The smallest absolute Gasteiger partial charge is 0.223 e. The summed E-state index contributed by atoms with van der Waals surface area (Å²) in [6.45, 7) is 0.563. The zero-order valence-corrected chi connectivity index (χ0v) is 10.7. The maximum absolute atomic E-state index is 11.9. The molecule has 2 atom stereocenters. The third-order valence-electron chi connectivity index (χ3n) is 3.39. The Balaban J connectivity index is 1.69. The zero-order chi connectivity index (χ0) is 13.7. The van der Waals surface area contributed by atoms with E-state index in [1.165, 1.54) is 5.56 Å². The lowest BCUT2D eigenvalue weighted by molar-refractivity contribution is -0.122. The zero-order valence-electron chi connectivity index (χ0n) is 10.7. The minimum Gasteiger partial charge on any atom is -0.409 e. The number of rotatable bonds is 6. The standard InChI is InChI=1S/C14H19N3O2/c15-13(17-19)7-4-8-16-14(18)12-9-11(12)10-5-2-1-3-6-10/h1-3,5-6,11-12,19H,4,7-9H2,(H2,15,17)(H,16,18). The number of amides is 1. The minimum absolute atomic E-state index is 0.103. The number of carbonyl (C=O) groups excluding carboxylic acids is 1. The van der Waals surface area contributed by atoms with Gasteiger partial charge >= 0.3 is 0 Å². The van der Waals surface area contributed by atoms with E-state index in [4.69, 9.17) is 10.9 Å². The summed E-state index contributed by atoms with van der Waals surface area (Å²) >= 11 is 0. The lowest BCUT2D eigenvalue weighted by Gasteiger charge is -2.04. The Morgan fingerprint density at radius 1 is 1.42 bits per heavy atom. The molecule has 0 radical (unpaired) electrons. The average molecular weight is 261 g/mol. The first kappa shape index (κ1) is 13.4. The van der Waals surface area contributed by atoms with Gasteiger partial charge in [-0.25, -0.2) is 0 Å². The van der Waals surface area contributed by atoms with Crippen LogP contribution >= 0.6 is 0 Å². The number of benzene rings is 1. The highest BCUT2D eigenvalue weighted by Crippen LogP contribution is 2.47. The van der Waals surface area contributed by atoms with E-state index in [1.807, 2.05) is 18.2 Å². The first-order valence-electron chi connectivity index (χ1n) is 6.51. The van der Waals surface area contributed by atoms with Crippen molar-refractivity contribution in [3.8, 4) is 0 Å². The summed E-state index contributed by atoms with van der Waals surface area (Å²) < 4.78 is 0. The molecule has 0 aliphatic heterocycles. The summed E-state index contributed by atoms with van der Waals surface area (Å²) in [5.41, 5.74) is 6.58. The van der Waals surface area contributed by atoms with Gasteiger partial charge in [-0.05, 0) is 24.3 Å². The molecule has 1 aliphatic carbocycles. The van der Waals surface area contributed by atoms with Crippen LogP contribution in [0.2, 0.25) is 0 Å². The average Bonchev–Trinajstić information content (AvgIpc) is 3.24. The van der Waals surface area contributed by atoms with Gasteiger partial charge in [-0.2, -0.15) is 0 Å². The highest BCUT2D eigenvalue weighted by Gasteiger charge is 2.43. The van der Waals surface area contributed by atoms with E-state index >= 15 is 0 Å². The molecular formula is C14H19N3O2. The topological polar surface area (TPSA) is 87.7 Å². The molecule has 1 aromatic rings. The molecule has 0 bridgehead atoms. The van der Waals surface area contributed by atoms with Gasteiger partial charge in [0.2, 0.25) is 5.91 Å². The van der Waals surface area contributed by atoms with Gasteiger partial charge in [0.1, 0.15) is 5.84 Å². The van der Waals surface area contributed by atoms with Crippen molar-refractivity contribution in [1.29, 1.82) is 0 Å². The first-order valence-corrected chi connectivity index (χ1v) is 6.51. The van der Waals surface area contributed by atoms with E-state index in [9.17, 15) is 4.79 Å². The van der Waals surface area contributed by atoms with Crippen LogP contribution in [0, 0.1) is 5.92 Å². The Hall–Kier alpha value is -2.04. The van der Waals surface area contributed by atoms with Crippen molar-refractivity contribution in [3.05, 3.63) is 35.9 Å². The number of nitrogens with two attached hydrogens (primary N) is 1. The molecule has 1 aromatic carbocycles. The van der Waals surface area contributed by atoms with Crippen molar-refractivity contribution < 1.29 is 10.0 Å². The van der Waals surface area contributed by atoms with Gasteiger partial charge in [0.25, 0.3) is 0 Å². The largest absolute Gasteiger partial charge is 0.409 e.